The van der Waals surface area contributed by atoms with Crippen LogP contribution in [0.5, 0.6) is 0 Å². The van der Waals surface area contributed by atoms with Crippen LogP contribution in [-0.2, 0) is 11.2 Å². The topological polar surface area (TPSA) is 24.5 Å². The Hall–Kier alpha value is -1.06. The molecular formula is C17H26N2O. The van der Waals surface area contributed by atoms with Crippen molar-refractivity contribution >= 4 is 5.69 Å². The minimum atomic E-state index is 0.425. The summed E-state index contributed by atoms with van der Waals surface area (Å²) in [6.45, 7) is 5.40. The van der Waals surface area contributed by atoms with Crippen molar-refractivity contribution in [2.45, 2.75) is 44.8 Å². The van der Waals surface area contributed by atoms with Crippen molar-refractivity contribution in [2.75, 3.05) is 31.6 Å². The standard InChI is InChI=1S/C17H26N2O/c1-13(18-2)14-7-8-17-15(11-14)5-3-9-19(17)12-16-6-4-10-20-16/h7-8,11,13,16,18H,3-6,9-10,12H2,1-2H3. The molecule has 3 nitrogen and oxygen atoms in total. The zero-order valence-corrected chi connectivity index (χ0v) is 12.7. The van der Waals surface area contributed by atoms with Crippen LogP contribution in [0.3, 0.4) is 0 Å². The van der Waals surface area contributed by atoms with E-state index in [4.69, 9.17) is 4.74 Å². The number of aryl methyl sites for hydroxylation is 1. The predicted molar refractivity (Wildman–Crippen MR) is 83.4 cm³/mol. The van der Waals surface area contributed by atoms with E-state index in [0.717, 1.165) is 13.2 Å². The molecule has 0 amide bonds. The van der Waals surface area contributed by atoms with Gasteiger partial charge in [-0.3, -0.25) is 0 Å². The molecule has 0 radical (unpaired) electrons. The van der Waals surface area contributed by atoms with Gasteiger partial charge in [0, 0.05) is 31.4 Å². The highest BCUT2D eigenvalue weighted by atomic mass is 16.5. The first kappa shape index (κ1) is 13.9. The molecule has 1 N–H and O–H groups in total. The Labute approximate surface area is 122 Å². The van der Waals surface area contributed by atoms with E-state index in [9.17, 15) is 0 Å². The molecule has 110 valence electrons. The summed E-state index contributed by atoms with van der Waals surface area (Å²) in [6, 6.07) is 7.40. The number of anilines is 1. The second kappa shape index (κ2) is 6.15. The van der Waals surface area contributed by atoms with E-state index in [1.165, 1.54) is 49.0 Å². The Kier molecular flexibility index (Phi) is 4.27. The minimum Gasteiger partial charge on any atom is -0.376 e. The lowest BCUT2D eigenvalue weighted by atomic mass is 9.96. The van der Waals surface area contributed by atoms with Gasteiger partial charge in [-0.15, -0.1) is 0 Å². The first-order valence-corrected chi connectivity index (χ1v) is 7.94. The maximum atomic E-state index is 5.80. The van der Waals surface area contributed by atoms with Gasteiger partial charge in [0.2, 0.25) is 0 Å². The molecule has 3 rings (SSSR count). The third-order valence-corrected chi connectivity index (χ3v) is 4.70. The SMILES string of the molecule is CNC(C)c1ccc2c(c1)CCCN2CC1CCCO1. The fourth-order valence-corrected chi connectivity index (χ4v) is 3.35. The Balaban J connectivity index is 1.78. The molecule has 0 spiro atoms. The van der Waals surface area contributed by atoms with Gasteiger partial charge in [-0.25, -0.2) is 0 Å². The van der Waals surface area contributed by atoms with Gasteiger partial charge in [-0.2, -0.15) is 0 Å². The molecule has 1 fully saturated rings. The summed E-state index contributed by atoms with van der Waals surface area (Å²) in [7, 11) is 2.02. The van der Waals surface area contributed by atoms with Crippen LogP contribution in [0.4, 0.5) is 5.69 Å². The minimum absolute atomic E-state index is 0.425. The fourth-order valence-electron chi connectivity index (χ4n) is 3.35. The first-order valence-electron chi connectivity index (χ1n) is 7.94. The van der Waals surface area contributed by atoms with Crippen LogP contribution >= 0.6 is 0 Å². The number of benzene rings is 1. The summed E-state index contributed by atoms with van der Waals surface area (Å²) in [5.41, 5.74) is 4.33. The van der Waals surface area contributed by atoms with E-state index in [-0.39, 0.29) is 0 Å². The molecule has 2 aliphatic heterocycles. The van der Waals surface area contributed by atoms with E-state index >= 15 is 0 Å². The third-order valence-electron chi connectivity index (χ3n) is 4.70. The van der Waals surface area contributed by atoms with Crippen molar-refractivity contribution in [3.63, 3.8) is 0 Å². The van der Waals surface area contributed by atoms with Gasteiger partial charge in [-0.1, -0.05) is 12.1 Å². The molecule has 2 heterocycles. The zero-order valence-electron chi connectivity index (χ0n) is 12.7. The van der Waals surface area contributed by atoms with Crippen LogP contribution in [-0.4, -0.2) is 32.8 Å². The van der Waals surface area contributed by atoms with Crippen molar-refractivity contribution in [1.82, 2.24) is 5.32 Å². The maximum Gasteiger partial charge on any atom is 0.0750 e. The highest BCUT2D eigenvalue weighted by Crippen LogP contribution is 2.30. The number of rotatable bonds is 4. The number of hydrogen-bond acceptors (Lipinski definition) is 3. The number of fused-ring (bicyclic) bond motifs is 1. The normalized spacial score (nSPS) is 23.7. The summed E-state index contributed by atoms with van der Waals surface area (Å²) in [6.07, 6.45) is 5.36. The summed E-state index contributed by atoms with van der Waals surface area (Å²) in [5.74, 6) is 0. The molecule has 2 atom stereocenters. The second-order valence-corrected chi connectivity index (χ2v) is 6.08. The van der Waals surface area contributed by atoms with Gasteiger partial charge < -0.3 is 15.0 Å². The number of nitrogens with zero attached hydrogens (tertiary/aromatic N) is 1. The quantitative estimate of drug-likeness (QED) is 0.913. The summed E-state index contributed by atoms with van der Waals surface area (Å²) in [5, 5.41) is 3.32. The molecular weight excluding hydrogens is 248 g/mol. The van der Waals surface area contributed by atoms with Gasteiger partial charge in [-0.05, 0) is 56.8 Å². The zero-order chi connectivity index (χ0) is 13.9. The summed E-state index contributed by atoms with van der Waals surface area (Å²) >= 11 is 0. The van der Waals surface area contributed by atoms with E-state index in [1.807, 2.05) is 7.05 Å². The Morgan fingerprint density at radius 3 is 3.05 bits per heavy atom. The van der Waals surface area contributed by atoms with Crippen molar-refractivity contribution in [3.05, 3.63) is 29.3 Å². The van der Waals surface area contributed by atoms with Crippen LogP contribution in [0.25, 0.3) is 0 Å². The Morgan fingerprint density at radius 1 is 1.40 bits per heavy atom. The lowest BCUT2D eigenvalue weighted by Gasteiger charge is -2.33. The van der Waals surface area contributed by atoms with Crippen molar-refractivity contribution in [3.8, 4) is 0 Å². The molecule has 1 aromatic carbocycles. The monoisotopic (exact) mass is 274 g/mol. The molecule has 20 heavy (non-hydrogen) atoms. The highest BCUT2D eigenvalue weighted by Gasteiger charge is 2.23. The molecule has 0 saturated carbocycles. The predicted octanol–water partition coefficient (Wildman–Crippen LogP) is 2.90. The summed E-state index contributed by atoms with van der Waals surface area (Å²) in [4.78, 5) is 2.53. The largest absolute Gasteiger partial charge is 0.376 e. The Bertz CT molecular complexity index is 454. The van der Waals surface area contributed by atoms with E-state index in [2.05, 4.69) is 35.3 Å². The lowest BCUT2D eigenvalue weighted by Crippen LogP contribution is -2.36. The first-order chi connectivity index (χ1) is 9.78. The number of hydrogen-bond donors (Lipinski definition) is 1. The van der Waals surface area contributed by atoms with E-state index < -0.39 is 0 Å². The van der Waals surface area contributed by atoms with E-state index in [0.29, 0.717) is 12.1 Å². The lowest BCUT2D eigenvalue weighted by molar-refractivity contribution is 0.115. The van der Waals surface area contributed by atoms with Gasteiger partial charge in [0.05, 0.1) is 6.10 Å². The van der Waals surface area contributed by atoms with Crippen LogP contribution < -0.4 is 10.2 Å². The number of nitrogens with one attached hydrogen (secondary N) is 1. The molecule has 2 unspecified atom stereocenters. The van der Waals surface area contributed by atoms with Crippen molar-refractivity contribution in [1.29, 1.82) is 0 Å². The fraction of sp³-hybridized carbons (Fsp3) is 0.647. The molecule has 0 aromatic heterocycles. The van der Waals surface area contributed by atoms with E-state index in [1.54, 1.807) is 0 Å². The average molecular weight is 274 g/mol. The second-order valence-electron chi connectivity index (χ2n) is 6.08. The smallest absolute Gasteiger partial charge is 0.0750 e. The molecule has 2 aliphatic rings. The number of ether oxygens (including phenoxy) is 1. The molecule has 0 bridgehead atoms. The van der Waals surface area contributed by atoms with Crippen LogP contribution in [0.2, 0.25) is 0 Å². The average Bonchev–Trinajstić information content (AvgIpc) is 2.99. The molecule has 0 aliphatic carbocycles. The van der Waals surface area contributed by atoms with Gasteiger partial charge in [0.1, 0.15) is 0 Å². The maximum absolute atomic E-state index is 5.80. The molecule has 1 aromatic rings. The molecule has 1 saturated heterocycles. The highest BCUT2D eigenvalue weighted by molar-refractivity contribution is 5.57. The molecule has 3 heteroatoms. The van der Waals surface area contributed by atoms with Crippen molar-refractivity contribution < 1.29 is 4.74 Å². The van der Waals surface area contributed by atoms with Crippen LogP contribution in [0.15, 0.2) is 18.2 Å². The van der Waals surface area contributed by atoms with Gasteiger partial charge in [0.15, 0.2) is 0 Å². The van der Waals surface area contributed by atoms with Gasteiger partial charge >= 0.3 is 0 Å². The third kappa shape index (κ3) is 2.84. The van der Waals surface area contributed by atoms with Crippen LogP contribution in [0, 0.1) is 0 Å². The van der Waals surface area contributed by atoms with Gasteiger partial charge in [0.25, 0.3) is 0 Å². The Morgan fingerprint density at radius 2 is 2.30 bits per heavy atom. The van der Waals surface area contributed by atoms with Crippen LogP contribution in [0.1, 0.15) is 43.4 Å². The summed E-state index contributed by atoms with van der Waals surface area (Å²) < 4.78 is 5.80. The van der Waals surface area contributed by atoms with Crippen molar-refractivity contribution in [2.24, 2.45) is 0 Å².